The maximum absolute atomic E-state index is 13.3. The lowest BCUT2D eigenvalue weighted by Crippen LogP contribution is -2.29. The minimum atomic E-state index is -0.791. The number of aliphatic hydroxyl groups excluding tert-OH is 1. The third-order valence-corrected chi connectivity index (χ3v) is 6.98. The van der Waals surface area contributed by atoms with Gasteiger partial charge in [-0.15, -0.1) is 11.3 Å². The third kappa shape index (κ3) is 4.29. The summed E-state index contributed by atoms with van der Waals surface area (Å²) in [6.07, 6.45) is 0.876. The van der Waals surface area contributed by atoms with Gasteiger partial charge < -0.3 is 14.6 Å². The van der Waals surface area contributed by atoms with Gasteiger partial charge in [0, 0.05) is 16.1 Å². The fourth-order valence-corrected chi connectivity index (χ4v) is 5.18. The first kappa shape index (κ1) is 23.9. The Labute approximate surface area is 207 Å². The highest BCUT2D eigenvalue weighted by Crippen LogP contribution is 2.45. The van der Waals surface area contributed by atoms with Gasteiger partial charge in [-0.2, -0.15) is 0 Å². The van der Waals surface area contributed by atoms with Crippen LogP contribution in [0.5, 0.6) is 11.5 Å². The quantitative estimate of drug-likeness (QED) is 0.241. The second-order valence-electron chi connectivity index (χ2n) is 7.83. The van der Waals surface area contributed by atoms with E-state index in [1.807, 2.05) is 25.3 Å². The summed E-state index contributed by atoms with van der Waals surface area (Å²) in [6.45, 7) is 4.51. The van der Waals surface area contributed by atoms with E-state index < -0.39 is 17.7 Å². The number of thiophene rings is 1. The summed E-state index contributed by atoms with van der Waals surface area (Å²) in [7, 11) is 1.50. The van der Waals surface area contributed by atoms with Gasteiger partial charge in [-0.3, -0.25) is 14.5 Å². The zero-order valence-corrected chi connectivity index (χ0v) is 20.6. The normalized spacial score (nSPS) is 17.3. The first-order valence-corrected chi connectivity index (χ1v) is 12.0. The molecule has 34 heavy (non-hydrogen) atoms. The fraction of sp³-hybridized carbons (Fsp3) is 0.231. The van der Waals surface area contributed by atoms with Crippen LogP contribution < -0.4 is 14.4 Å². The monoisotopic (exact) mass is 497 g/mol. The van der Waals surface area contributed by atoms with E-state index in [2.05, 4.69) is 0 Å². The molecule has 1 aliphatic heterocycles. The Kier molecular flexibility index (Phi) is 6.95. The Morgan fingerprint density at radius 3 is 2.47 bits per heavy atom. The number of ketones is 1. The number of rotatable bonds is 7. The maximum Gasteiger partial charge on any atom is 0.300 e. The van der Waals surface area contributed by atoms with Gasteiger partial charge in [-0.25, -0.2) is 0 Å². The van der Waals surface area contributed by atoms with Crippen LogP contribution in [0.1, 0.15) is 35.4 Å². The van der Waals surface area contributed by atoms with Crippen LogP contribution in [0.4, 0.5) is 5.69 Å². The van der Waals surface area contributed by atoms with Crippen LogP contribution in [0.25, 0.3) is 5.76 Å². The van der Waals surface area contributed by atoms with Crippen molar-refractivity contribution in [2.75, 3.05) is 18.6 Å². The van der Waals surface area contributed by atoms with E-state index in [1.54, 1.807) is 42.5 Å². The number of hydrogen-bond acceptors (Lipinski definition) is 6. The number of hydrogen-bond donors (Lipinski definition) is 1. The lowest BCUT2D eigenvalue weighted by Gasteiger charge is -2.25. The average Bonchev–Trinajstić information content (AvgIpc) is 3.37. The predicted octanol–water partition coefficient (Wildman–Crippen LogP) is 6.13. The number of benzene rings is 2. The van der Waals surface area contributed by atoms with E-state index in [4.69, 9.17) is 21.1 Å². The summed E-state index contributed by atoms with van der Waals surface area (Å²) in [5.74, 6) is -0.606. The highest BCUT2D eigenvalue weighted by molar-refractivity contribution is 7.10. The molecule has 2 aromatic carbocycles. The van der Waals surface area contributed by atoms with Crippen molar-refractivity contribution in [1.29, 1.82) is 0 Å². The lowest BCUT2D eigenvalue weighted by molar-refractivity contribution is -0.132. The molecule has 2 heterocycles. The van der Waals surface area contributed by atoms with Crippen LogP contribution in [-0.2, 0) is 9.59 Å². The molecule has 1 unspecified atom stereocenters. The van der Waals surface area contributed by atoms with Crippen molar-refractivity contribution in [3.8, 4) is 11.5 Å². The molecule has 1 amide bonds. The van der Waals surface area contributed by atoms with Gasteiger partial charge >= 0.3 is 0 Å². The van der Waals surface area contributed by atoms with E-state index in [9.17, 15) is 14.7 Å². The molecule has 1 N–H and O–H groups in total. The number of Topliss-reactive ketones (excluding diaryl/α,β-unsaturated/α-hetero) is 1. The number of aliphatic hydroxyl groups is 1. The summed E-state index contributed by atoms with van der Waals surface area (Å²) < 4.78 is 10.8. The minimum absolute atomic E-state index is 0.0321. The van der Waals surface area contributed by atoms with E-state index in [0.29, 0.717) is 34.4 Å². The molecule has 0 bridgehead atoms. The molecule has 1 fully saturated rings. The first-order chi connectivity index (χ1) is 16.4. The Hall–Kier alpha value is -3.29. The van der Waals surface area contributed by atoms with Gasteiger partial charge in [0.25, 0.3) is 11.7 Å². The number of amides is 1. The van der Waals surface area contributed by atoms with Gasteiger partial charge in [-0.05, 0) is 72.8 Å². The zero-order chi connectivity index (χ0) is 24.4. The van der Waals surface area contributed by atoms with Gasteiger partial charge in [-0.1, -0.05) is 18.5 Å². The van der Waals surface area contributed by atoms with Crippen molar-refractivity contribution >= 4 is 46.1 Å². The van der Waals surface area contributed by atoms with Crippen LogP contribution in [0.15, 0.2) is 59.5 Å². The lowest BCUT2D eigenvalue weighted by atomic mass is 9.98. The molecule has 0 saturated carbocycles. The predicted molar refractivity (Wildman–Crippen MR) is 134 cm³/mol. The van der Waals surface area contributed by atoms with Gasteiger partial charge in [0.05, 0.1) is 24.3 Å². The summed E-state index contributed by atoms with van der Waals surface area (Å²) in [5, 5.41) is 13.4. The molecular weight excluding hydrogens is 474 g/mol. The summed E-state index contributed by atoms with van der Waals surface area (Å²) in [6, 6.07) is 12.8. The van der Waals surface area contributed by atoms with E-state index in [0.717, 1.165) is 16.9 Å². The Bertz CT molecular complexity index is 1260. The SMILES string of the molecule is CCCOc1ccc(/C(O)=C2/C(=O)C(=O)N(c3ccc(OC)c(Cl)c3)C2c2sccc2C)cc1. The smallest absolute Gasteiger partial charge is 0.300 e. The molecule has 0 spiro atoms. The number of ether oxygens (including phenoxy) is 2. The number of nitrogens with zero attached hydrogens (tertiary/aromatic N) is 1. The highest BCUT2D eigenvalue weighted by Gasteiger charge is 2.48. The number of carbonyl (C=O) groups excluding carboxylic acids is 2. The minimum Gasteiger partial charge on any atom is -0.507 e. The van der Waals surface area contributed by atoms with Crippen molar-refractivity contribution in [1.82, 2.24) is 0 Å². The highest BCUT2D eigenvalue weighted by atomic mass is 35.5. The fourth-order valence-electron chi connectivity index (χ4n) is 3.90. The average molecular weight is 498 g/mol. The number of halogens is 1. The second kappa shape index (κ2) is 9.91. The first-order valence-electron chi connectivity index (χ1n) is 10.8. The Morgan fingerprint density at radius 2 is 1.88 bits per heavy atom. The van der Waals surface area contributed by atoms with Crippen LogP contribution in [0.2, 0.25) is 5.02 Å². The number of carbonyl (C=O) groups is 2. The van der Waals surface area contributed by atoms with Gasteiger partial charge in [0.1, 0.15) is 23.3 Å². The maximum atomic E-state index is 13.3. The van der Waals surface area contributed by atoms with E-state index in [-0.39, 0.29) is 11.3 Å². The molecule has 6 nitrogen and oxygen atoms in total. The summed E-state index contributed by atoms with van der Waals surface area (Å²) in [5.41, 5.74) is 1.81. The number of aryl methyl sites for hydroxylation is 1. The molecule has 1 atom stereocenters. The molecule has 1 aliphatic rings. The number of methoxy groups -OCH3 is 1. The van der Waals surface area contributed by atoms with E-state index in [1.165, 1.54) is 23.3 Å². The summed E-state index contributed by atoms with van der Waals surface area (Å²) in [4.78, 5) is 28.7. The summed E-state index contributed by atoms with van der Waals surface area (Å²) >= 11 is 7.74. The molecule has 4 rings (SSSR count). The van der Waals surface area contributed by atoms with Crippen LogP contribution >= 0.6 is 22.9 Å². The largest absolute Gasteiger partial charge is 0.507 e. The van der Waals surface area contributed by atoms with Gasteiger partial charge in [0.15, 0.2) is 0 Å². The molecule has 176 valence electrons. The van der Waals surface area contributed by atoms with Crippen LogP contribution in [0, 0.1) is 6.92 Å². The van der Waals surface area contributed by atoms with Crippen molar-refractivity contribution in [3.63, 3.8) is 0 Å². The van der Waals surface area contributed by atoms with Gasteiger partial charge in [0.2, 0.25) is 0 Å². The Balaban J connectivity index is 1.85. The molecule has 0 aliphatic carbocycles. The van der Waals surface area contributed by atoms with Crippen molar-refractivity contribution in [2.45, 2.75) is 26.3 Å². The standard InChI is InChI=1S/C26H24ClNO5S/c1-4-12-33-18-8-5-16(6-9-18)23(29)21-22(25-15(2)11-13-34-25)28(26(31)24(21)30)17-7-10-20(32-3)19(27)14-17/h5-11,13-14,22,29H,4,12H2,1-3H3/b23-21-. The van der Waals surface area contributed by atoms with Crippen LogP contribution in [-0.4, -0.2) is 30.5 Å². The topological polar surface area (TPSA) is 76.1 Å². The molecule has 1 saturated heterocycles. The van der Waals surface area contributed by atoms with Crippen molar-refractivity contribution < 1.29 is 24.2 Å². The molecule has 3 aromatic rings. The Morgan fingerprint density at radius 1 is 1.15 bits per heavy atom. The number of anilines is 1. The van der Waals surface area contributed by atoms with Crippen molar-refractivity contribution in [3.05, 3.63) is 80.5 Å². The molecular formula is C26H24ClNO5S. The second-order valence-corrected chi connectivity index (χ2v) is 9.18. The zero-order valence-electron chi connectivity index (χ0n) is 19.0. The van der Waals surface area contributed by atoms with E-state index >= 15 is 0 Å². The third-order valence-electron chi connectivity index (χ3n) is 5.61. The molecule has 1 aromatic heterocycles. The van der Waals surface area contributed by atoms with Crippen LogP contribution in [0.3, 0.4) is 0 Å². The molecule has 0 radical (unpaired) electrons. The molecule has 8 heteroatoms. The van der Waals surface area contributed by atoms with Crippen molar-refractivity contribution in [2.24, 2.45) is 0 Å².